The van der Waals surface area contributed by atoms with E-state index in [9.17, 15) is 4.79 Å². The molecule has 0 bridgehead atoms. The van der Waals surface area contributed by atoms with Crippen molar-refractivity contribution in [2.24, 2.45) is 5.73 Å². The molecule has 0 aromatic carbocycles. The molecule has 1 heterocycles. The van der Waals surface area contributed by atoms with Gasteiger partial charge in [0.25, 0.3) is 0 Å². The SMILES string of the molecule is NC(CCC(=O)O)Cc1cscn1. The van der Waals surface area contributed by atoms with Crippen molar-refractivity contribution in [3.8, 4) is 0 Å². The lowest BCUT2D eigenvalue weighted by Crippen LogP contribution is -2.23. The zero-order valence-corrected chi connectivity index (χ0v) is 7.96. The maximum absolute atomic E-state index is 10.2. The van der Waals surface area contributed by atoms with Gasteiger partial charge in [0.1, 0.15) is 0 Å². The molecule has 1 aromatic rings. The Hall–Kier alpha value is -0.940. The molecule has 0 amide bonds. The molecule has 0 saturated heterocycles. The zero-order valence-electron chi connectivity index (χ0n) is 7.14. The highest BCUT2D eigenvalue weighted by molar-refractivity contribution is 7.07. The van der Waals surface area contributed by atoms with E-state index >= 15 is 0 Å². The lowest BCUT2D eigenvalue weighted by atomic mass is 10.1. The van der Waals surface area contributed by atoms with Crippen LogP contribution in [0, 0.1) is 0 Å². The van der Waals surface area contributed by atoms with E-state index in [-0.39, 0.29) is 12.5 Å². The molecule has 0 aliphatic heterocycles. The molecule has 0 radical (unpaired) electrons. The van der Waals surface area contributed by atoms with Crippen molar-refractivity contribution in [3.05, 3.63) is 16.6 Å². The minimum Gasteiger partial charge on any atom is -0.481 e. The third-order valence-corrected chi connectivity index (χ3v) is 2.32. The van der Waals surface area contributed by atoms with Gasteiger partial charge in [-0.15, -0.1) is 11.3 Å². The first kappa shape index (κ1) is 10.1. The Balaban J connectivity index is 2.25. The quantitative estimate of drug-likeness (QED) is 0.739. The van der Waals surface area contributed by atoms with Crippen molar-refractivity contribution >= 4 is 17.3 Å². The van der Waals surface area contributed by atoms with Crippen LogP contribution in [0.5, 0.6) is 0 Å². The third-order valence-electron chi connectivity index (χ3n) is 1.68. The molecule has 1 aromatic heterocycles. The Bertz CT molecular complexity index is 261. The Morgan fingerprint density at radius 3 is 3.08 bits per heavy atom. The van der Waals surface area contributed by atoms with Gasteiger partial charge in [0.05, 0.1) is 11.2 Å². The van der Waals surface area contributed by atoms with Crippen LogP contribution in [0.1, 0.15) is 18.5 Å². The van der Waals surface area contributed by atoms with E-state index in [1.165, 1.54) is 11.3 Å². The molecule has 0 saturated carbocycles. The molecule has 1 atom stereocenters. The first-order valence-electron chi connectivity index (χ1n) is 4.03. The van der Waals surface area contributed by atoms with E-state index in [1.807, 2.05) is 5.38 Å². The molecule has 72 valence electrons. The number of aromatic nitrogens is 1. The predicted molar refractivity (Wildman–Crippen MR) is 50.7 cm³/mol. The highest BCUT2D eigenvalue weighted by Gasteiger charge is 2.07. The first-order valence-corrected chi connectivity index (χ1v) is 4.97. The summed E-state index contributed by atoms with van der Waals surface area (Å²) in [6, 6.07) is -0.0989. The van der Waals surface area contributed by atoms with Crippen LogP contribution in [0.15, 0.2) is 10.9 Å². The number of thiazole rings is 1. The predicted octanol–water partition coefficient (Wildman–Crippen LogP) is 0.878. The van der Waals surface area contributed by atoms with Crippen LogP contribution in [0.3, 0.4) is 0 Å². The summed E-state index contributed by atoms with van der Waals surface area (Å²) in [5.41, 5.74) is 8.41. The van der Waals surface area contributed by atoms with Crippen LogP contribution in [-0.2, 0) is 11.2 Å². The molecular formula is C8H12N2O2S. The van der Waals surface area contributed by atoms with E-state index in [0.29, 0.717) is 12.8 Å². The lowest BCUT2D eigenvalue weighted by molar-refractivity contribution is -0.137. The largest absolute Gasteiger partial charge is 0.481 e. The van der Waals surface area contributed by atoms with Gasteiger partial charge in [0, 0.05) is 24.3 Å². The van der Waals surface area contributed by atoms with Gasteiger partial charge in [-0.05, 0) is 6.42 Å². The van der Waals surface area contributed by atoms with Gasteiger partial charge in [-0.1, -0.05) is 0 Å². The average Bonchev–Trinajstić information content (AvgIpc) is 2.53. The topological polar surface area (TPSA) is 76.2 Å². The molecule has 0 fully saturated rings. The first-order chi connectivity index (χ1) is 6.18. The Labute approximate surface area is 80.4 Å². The van der Waals surface area contributed by atoms with Crippen molar-refractivity contribution in [1.82, 2.24) is 4.98 Å². The van der Waals surface area contributed by atoms with E-state index in [0.717, 1.165) is 5.69 Å². The fraction of sp³-hybridized carbons (Fsp3) is 0.500. The summed E-state index contributed by atoms with van der Waals surface area (Å²) in [6.45, 7) is 0. The molecule has 1 unspecified atom stereocenters. The summed E-state index contributed by atoms with van der Waals surface area (Å²) in [5, 5.41) is 10.4. The fourth-order valence-electron chi connectivity index (χ4n) is 1.02. The third kappa shape index (κ3) is 4.00. The summed E-state index contributed by atoms with van der Waals surface area (Å²) < 4.78 is 0. The molecule has 4 nitrogen and oxygen atoms in total. The average molecular weight is 200 g/mol. The van der Waals surface area contributed by atoms with Crippen LogP contribution in [0.25, 0.3) is 0 Å². The standard InChI is InChI=1S/C8H12N2O2S/c9-6(1-2-8(11)12)3-7-4-13-5-10-7/h4-6H,1-3,9H2,(H,11,12). The minimum atomic E-state index is -0.797. The van der Waals surface area contributed by atoms with Crippen molar-refractivity contribution in [1.29, 1.82) is 0 Å². The fourth-order valence-corrected chi connectivity index (χ4v) is 1.59. The van der Waals surface area contributed by atoms with Gasteiger partial charge in [0.15, 0.2) is 0 Å². The maximum atomic E-state index is 10.2. The molecule has 0 aliphatic rings. The van der Waals surface area contributed by atoms with Crippen LogP contribution in [-0.4, -0.2) is 22.1 Å². The molecule has 0 aliphatic carbocycles. The molecule has 1 rings (SSSR count). The monoisotopic (exact) mass is 200 g/mol. The van der Waals surface area contributed by atoms with Gasteiger partial charge >= 0.3 is 5.97 Å². The highest BCUT2D eigenvalue weighted by atomic mass is 32.1. The lowest BCUT2D eigenvalue weighted by Gasteiger charge is -2.07. The van der Waals surface area contributed by atoms with E-state index in [1.54, 1.807) is 5.51 Å². The van der Waals surface area contributed by atoms with Crippen LogP contribution >= 0.6 is 11.3 Å². The number of hydrogen-bond donors (Lipinski definition) is 2. The minimum absolute atomic E-state index is 0.0989. The summed E-state index contributed by atoms with van der Waals surface area (Å²) in [4.78, 5) is 14.3. The van der Waals surface area contributed by atoms with Crippen LogP contribution in [0.4, 0.5) is 0 Å². The summed E-state index contributed by atoms with van der Waals surface area (Å²) in [5.74, 6) is -0.797. The summed E-state index contributed by atoms with van der Waals surface area (Å²) in [7, 11) is 0. The molecule has 13 heavy (non-hydrogen) atoms. The molecular weight excluding hydrogens is 188 g/mol. The van der Waals surface area contributed by atoms with Crippen LogP contribution < -0.4 is 5.73 Å². The van der Waals surface area contributed by atoms with Crippen molar-refractivity contribution in [2.75, 3.05) is 0 Å². The Morgan fingerprint density at radius 1 is 1.77 bits per heavy atom. The maximum Gasteiger partial charge on any atom is 0.303 e. The van der Waals surface area contributed by atoms with Crippen molar-refractivity contribution in [2.45, 2.75) is 25.3 Å². The van der Waals surface area contributed by atoms with Gasteiger partial charge in [-0.3, -0.25) is 4.79 Å². The smallest absolute Gasteiger partial charge is 0.303 e. The number of rotatable bonds is 5. The molecule has 5 heteroatoms. The van der Waals surface area contributed by atoms with E-state index < -0.39 is 5.97 Å². The number of carbonyl (C=O) groups is 1. The number of hydrogen-bond acceptors (Lipinski definition) is 4. The van der Waals surface area contributed by atoms with Gasteiger partial charge in [-0.25, -0.2) is 4.98 Å². The Kier molecular flexibility index (Phi) is 3.85. The number of aliphatic carboxylic acids is 1. The van der Waals surface area contributed by atoms with Crippen molar-refractivity contribution in [3.63, 3.8) is 0 Å². The second-order valence-electron chi connectivity index (χ2n) is 2.88. The Morgan fingerprint density at radius 2 is 2.54 bits per heavy atom. The van der Waals surface area contributed by atoms with Crippen LogP contribution in [0.2, 0.25) is 0 Å². The number of nitrogens with two attached hydrogens (primary N) is 1. The number of nitrogens with zero attached hydrogens (tertiary/aromatic N) is 1. The van der Waals surface area contributed by atoms with E-state index in [2.05, 4.69) is 4.98 Å². The van der Waals surface area contributed by atoms with Gasteiger partial charge < -0.3 is 10.8 Å². The number of carboxylic acids is 1. The number of carboxylic acid groups (broad SMARTS) is 1. The summed E-state index contributed by atoms with van der Waals surface area (Å²) >= 11 is 1.52. The summed E-state index contributed by atoms with van der Waals surface area (Å²) in [6.07, 6.45) is 1.30. The van der Waals surface area contributed by atoms with E-state index in [4.69, 9.17) is 10.8 Å². The second kappa shape index (κ2) is 4.94. The van der Waals surface area contributed by atoms with Gasteiger partial charge in [-0.2, -0.15) is 0 Å². The molecule has 0 spiro atoms. The highest BCUT2D eigenvalue weighted by Crippen LogP contribution is 2.06. The normalized spacial score (nSPS) is 12.7. The second-order valence-corrected chi connectivity index (χ2v) is 3.60. The zero-order chi connectivity index (χ0) is 9.68. The van der Waals surface area contributed by atoms with Crippen molar-refractivity contribution < 1.29 is 9.90 Å². The molecule has 3 N–H and O–H groups in total. The van der Waals surface area contributed by atoms with Gasteiger partial charge in [0.2, 0.25) is 0 Å².